The van der Waals surface area contributed by atoms with Gasteiger partial charge in [0.1, 0.15) is 0 Å². The van der Waals surface area contributed by atoms with E-state index >= 15 is 0 Å². The van der Waals surface area contributed by atoms with E-state index in [1.165, 1.54) is 4.31 Å². The number of nitrogen functional groups attached to an aromatic ring is 1. The molecule has 0 radical (unpaired) electrons. The van der Waals surface area contributed by atoms with Crippen LogP contribution in [0.2, 0.25) is 0 Å². The first kappa shape index (κ1) is 15.3. The summed E-state index contributed by atoms with van der Waals surface area (Å²) in [6, 6.07) is 7.34. The monoisotopic (exact) mass is 297 g/mol. The predicted octanol–water partition coefficient (Wildman–Crippen LogP) is 1.68. The van der Waals surface area contributed by atoms with Gasteiger partial charge in [0.05, 0.1) is 0 Å². The van der Waals surface area contributed by atoms with Crippen molar-refractivity contribution in [2.75, 3.05) is 25.9 Å². The van der Waals surface area contributed by atoms with E-state index in [1.807, 2.05) is 18.2 Å². The van der Waals surface area contributed by atoms with Gasteiger partial charge in [-0.3, -0.25) is 0 Å². The maximum Gasteiger partial charge on any atom is 0.282 e. The Bertz CT molecular complexity index is 551. The number of piperidine rings is 1. The summed E-state index contributed by atoms with van der Waals surface area (Å²) in [7, 11) is -1.75. The molecule has 6 heteroatoms. The van der Waals surface area contributed by atoms with Gasteiger partial charge < -0.3 is 5.73 Å². The molecule has 1 aromatic carbocycles. The lowest BCUT2D eigenvalue weighted by Gasteiger charge is -2.32. The van der Waals surface area contributed by atoms with Gasteiger partial charge in [-0.05, 0) is 36.5 Å². The molecule has 0 aromatic heterocycles. The van der Waals surface area contributed by atoms with E-state index in [9.17, 15) is 8.42 Å². The van der Waals surface area contributed by atoms with Crippen molar-refractivity contribution >= 4 is 15.9 Å². The minimum atomic E-state index is -3.37. The second-order valence-electron chi connectivity index (χ2n) is 5.59. The van der Waals surface area contributed by atoms with Gasteiger partial charge in [0.15, 0.2) is 0 Å². The summed E-state index contributed by atoms with van der Waals surface area (Å²) < 4.78 is 28.0. The first-order valence-electron chi connectivity index (χ1n) is 6.95. The van der Waals surface area contributed by atoms with E-state index < -0.39 is 10.2 Å². The summed E-state index contributed by atoms with van der Waals surface area (Å²) >= 11 is 0. The molecule has 0 amide bonds. The lowest BCUT2D eigenvalue weighted by atomic mass is 10.0. The Kier molecular flexibility index (Phi) is 4.67. The highest BCUT2D eigenvalue weighted by atomic mass is 32.2. The summed E-state index contributed by atoms with van der Waals surface area (Å²) in [6.07, 6.45) is 1.87. The number of nitrogens with two attached hydrogens (primary N) is 1. The summed E-state index contributed by atoms with van der Waals surface area (Å²) in [5.74, 6) is 0.612. The maximum atomic E-state index is 12.5. The highest BCUT2D eigenvalue weighted by Crippen LogP contribution is 2.21. The number of hydrogen-bond acceptors (Lipinski definition) is 3. The fourth-order valence-corrected chi connectivity index (χ4v) is 3.82. The Morgan fingerprint density at radius 1 is 1.35 bits per heavy atom. The summed E-state index contributed by atoms with van der Waals surface area (Å²) in [5.41, 5.74) is 7.28. The molecule has 1 heterocycles. The van der Waals surface area contributed by atoms with Crippen molar-refractivity contribution in [2.45, 2.75) is 26.3 Å². The van der Waals surface area contributed by atoms with Gasteiger partial charge in [-0.25, -0.2) is 0 Å². The van der Waals surface area contributed by atoms with E-state index in [2.05, 4.69) is 6.92 Å². The van der Waals surface area contributed by atoms with Crippen LogP contribution in [0.4, 0.5) is 5.69 Å². The molecular formula is C14H23N3O2S. The van der Waals surface area contributed by atoms with Crippen LogP contribution in [0.15, 0.2) is 24.3 Å². The van der Waals surface area contributed by atoms with E-state index in [0.29, 0.717) is 31.2 Å². The largest absolute Gasteiger partial charge is 0.399 e. The highest BCUT2D eigenvalue weighted by Gasteiger charge is 2.29. The maximum absolute atomic E-state index is 12.5. The lowest BCUT2D eigenvalue weighted by Crippen LogP contribution is -2.45. The normalized spacial score (nSPS) is 18.6. The fraction of sp³-hybridized carbons (Fsp3) is 0.571. The van der Waals surface area contributed by atoms with Crippen molar-refractivity contribution in [1.82, 2.24) is 8.61 Å². The van der Waals surface area contributed by atoms with Crippen molar-refractivity contribution in [3.63, 3.8) is 0 Å². The molecule has 0 aliphatic carbocycles. The van der Waals surface area contributed by atoms with Gasteiger partial charge in [0.2, 0.25) is 0 Å². The van der Waals surface area contributed by atoms with E-state index in [1.54, 1.807) is 17.4 Å². The Labute approximate surface area is 121 Å². The zero-order valence-electron chi connectivity index (χ0n) is 12.1. The van der Waals surface area contributed by atoms with Gasteiger partial charge in [-0.15, -0.1) is 0 Å². The first-order chi connectivity index (χ1) is 9.39. The SMILES string of the molecule is CC1CCN(S(=O)(=O)N(C)Cc2cccc(N)c2)CC1. The van der Waals surface area contributed by atoms with Crippen LogP contribution in [0.5, 0.6) is 0 Å². The fourth-order valence-electron chi connectivity index (χ4n) is 2.44. The molecule has 1 aliphatic heterocycles. The molecule has 112 valence electrons. The third-order valence-electron chi connectivity index (χ3n) is 3.82. The smallest absolute Gasteiger partial charge is 0.282 e. The van der Waals surface area contributed by atoms with Crippen molar-refractivity contribution in [2.24, 2.45) is 5.92 Å². The molecule has 0 atom stereocenters. The standard InChI is InChI=1S/C14H23N3O2S/c1-12-6-8-17(9-7-12)20(18,19)16(2)11-13-4-3-5-14(15)10-13/h3-5,10,12H,6-9,11,15H2,1-2H3. The molecule has 1 saturated heterocycles. The average Bonchev–Trinajstić information content (AvgIpc) is 2.39. The molecule has 0 bridgehead atoms. The zero-order chi connectivity index (χ0) is 14.8. The van der Waals surface area contributed by atoms with Crippen LogP contribution in [0.3, 0.4) is 0 Å². The van der Waals surface area contributed by atoms with Crippen molar-refractivity contribution < 1.29 is 8.42 Å². The zero-order valence-corrected chi connectivity index (χ0v) is 12.9. The summed E-state index contributed by atoms with van der Waals surface area (Å²) in [5, 5.41) is 0. The second-order valence-corrected chi connectivity index (χ2v) is 7.63. The molecule has 20 heavy (non-hydrogen) atoms. The van der Waals surface area contributed by atoms with Gasteiger partial charge in [-0.2, -0.15) is 17.0 Å². The molecule has 0 unspecified atom stereocenters. The van der Waals surface area contributed by atoms with Gasteiger partial charge >= 0.3 is 0 Å². The first-order valence-corrected chi connectivity index (χ1v) is 8.35. The van der Waals surface area contributed by atoms with Gasteiger partial charge in [-0.1, -0.05) is 19.1 Å². The average molecular weight is 297 g/mol. The predicted molar refractivity (Wildman–Crippen MR) is 81.2 cm³/mol. The number of hydrogen-bond donors (Lipinski definition) is 1. The summed E-state index contributed by atoms with van der Waals surface area (Å²) in [4.78, 5) is 0. The van der Waals surface area contributed by atoms with Crippen LogP contribution in [0.25, 0.3) is 0 Å². The van der Waals surface area contributed by atoms with Crippen LogP contribution in [0.1, 0.15) is 25.3 Å². The number of rotatable bonds is 4. The number of nitrogens with zero attached hydrogens (tertiary/aromatic N) is 2. The van der Waals surface area contributed by atoms with Crippen LogP contribution in [-0.2, 0) is 16.8 Å². The summed E-state index contributed by atoms with van der Waals surface area (Å²) in [6.45, 7) is 3.75. The molecule has 2 rings (SSSR count). The molecule has 1 aromatic rings. The molecule has 2 N–H and O–H groups in total. The third kappa shape index (κ3) is 3.50. The molecule has 1 aliphatic rings. The van der Waals surface area contributed by atoms with E-state index in [0.717, 1.165) is 18.4 Å². The van der Waals surface area contributed by atoms with Crippen molar-refractivity contribution in [3.05, 3.63) is 29.8 Å². The Hall–Kier alpha value is -1.11. The van der Waals surface area contributed by atoms with Crippen LogP contribution in [0, 0.1) is 5.92 Å². The van der Waals surface area contributed by atoms with E-state index in [4.69, 9.17) is 5.73 Å². The van der Waals surface area contributed by atoms with Crippen LogP contribution < -0.4 is 5.73 Å². The quantitative estimate of drug-likeness (QED) is 0.860. The number of anilines is 1. The minimum absolute atomic E-state index is 0.347. The Morgan fingerprint density at radius 3 is 2.60 bits per heavy atom. The third-order valence-corrected chi connectivity index (χ3v) is 5.75. The van der Waals surface area contributed by atoms with Crippen LogP contribution >= 0.6 is 0 Å². The van der Waals surface area contributed by atoms with E-state index in [-0.39, 0.29) is 0 Å². The molecule has 5 nitrogen and oxygen atoms in total. The molecule has 0 saturated carbocycles. The van der Waals surface area contributed by atoms with Gasteiger partial charge in [0.25, 0.3) is 10.2 Å². The van der Waals surface area contributed by atoms with Gasteiger partial charge in [0, 0.05) is 32.4 Å². The highest BCUT2D eigenvalue weighted by molar-refractivity contribution is 7.86. The van der Waals surface area contributed by atoms with Crippen molar-refractivity contribution in [3.8, 4) is 0 Å². The molecule has 1 fully saturated rings. The number of benzene rings is 1. The molecule has 0 spiro atoms. The lowest BCUT2D eigenvalue weighted by molar-refractivity contribution is 0.269. The second kappa shape index (κ2) is 6.11. The molecular weight excluding hydrogens is 274 g/mol. The topological polar surface area (TPSA) is 66.6 Å². The Balaban J connectivity index is 2.05. The van der Waals surface area contributed by atoms with Crippen molar-refractivity contribution in [1.29, 1.82) is 0 Å². The Morgan fingerprint density at radius 2 is 2.00 bits per heavy atom. The minimum Gasteiger partial charge on any atom is -0.399 e. The van der Waals surface area contributed by atoms with Crippen LogP contribution in [-0.4, -0.2) is 37.2 Å².